The van der Waals surface area contributed by atoms with Crippen LogP contribution in [0.4, 0.5) is 5.69 Å². The standard InChI is InChI=1S/C10H11N5O3/c1-5(11)9-12-10(14-13-9)6-2-3-8(16)7(4-6)15(17)18/h2-5,16H,11H2,1H3,(H,12,13,14)/t5-/m0/s1. The molecule has 1 heterocycles. The third-order valence-electron chi connectivity index (χ3n) is 2.36. The van der Waals surface area contributed by atoms with Crippen LogP contribution in [0.25, 0.3) is 11.4 Å². The Labute approximate surface area is 102 Å². The van der Waals surface area contributed by atoms with Gasteiger partial charge in [0.2, 0.25) is 0 Å². The maximum absolute atomic E-state index is 10.7. The number of aromatic hydroxyl groups is 1. The quantitative estimate of drug-likeness (QED) is 0.551. The van der Waals surface area contributed by atoms with Crippen molar-refractivity contribution in [1.29, 1.82) is 0 Å². The van der Waals surface area contributed by atoms with E-state index < -0.39 is 10.7 Å². The zero-order valence-electron chi connectivity index (χ0n) is 9.49. The summed E-state index contributed by atoms with van der Waals surface area (Å²) in [5.74, 6) is 0.387. The lowest BCUT2D eigenvalue weighted by Gasteiger charge is -1.99. The largest absolute Gasteiger partial charge is 0.502 e. The highest BCUT2D eigenvalue weighted by molar-refractivity contribution is 5.63. The van der Waals surface area contributed by atoms with E-state index in [9.17, 15) is 15.2 Å². The van der Waals surface area contributed by atoms with Crippen molar-refractivity contribution in [3.8, 4) is 17.1 Å². The SMILES string of the molecule is C[C@H](N)c1nc(-c2ccc(O)c([N+](=O)[O-])c2)n[nH]1. The van der Waals surface area contributed by atoms with Crippen molar-refractivity contribution in [1.82, 2.24) is 15.2 Å². The molecule has 1 atom stereocenters. The van der Waals surface area contributed by atoms with Gasteiger partial charge in [-0.25, -0.2) is 4.98 Å². The highest BCUT2D eigenvalue weighted by Crippen LogP contribution is 2.29. The van der Waals surface area contributed by atoms with Crippen molar-refractivity contribution < 1.29 is 10.0 Å². The number of rotatable bonds is 3. The van der Waals surface area contributed by atoms with Gasteiger partial charge in [-0.15, -0.1) is 0 Å². The normalized spacial score (nSPS) is 12.3. The van der Waals surface area contributed by atoms with Crippen molar-refractivity contribution in [3.05, 3.63) is 34.1 Å². The second-order valence-corrected chi connectivity index (χ2v) is 3.79. The Bertz CT molecular complexity index is 593. The van der Waals surface area contributed by atoms with Gasteiger partial charge in [0, 0.05) is 11.6 Å². The number of benzene rings is 1. The molecule has 4 N–H and O–H groups in total. The van der Waals surface area contributed by atoms with Crippen LogP contribution in [0.15, 0.2) is 18.2 Å². The number of aromatic nitrogens is 3. The predicted octanol–water partition coefficient (Wildman–Crippen LogP) is 1.11. The van der Waals surface area contributed by atoms with Crippen molar-refractivity contribution in [3.63, 3.8) is 0 Å². The monoisotopic (exact) mass is 249 g/mol. The van der Waals surface area contributed by atoms with Gasteiger partial charge < -0.3 is 10.8 Å². The van der Waals surface area contributed by atoms with E-state index in [2.05, 4.69) is 15.2 Å². The number of nitrogens with zero attached hydrogens (tertiary/aromatic N) is 3. The Hall–Kier alpha value is -2.48. The fourth-order valence-electron chi connectivity index (χ4n) is 1.42. The number of H-pyrrole nitrogens is 1. The summed E-state index contributed by atoms with van der Waals surface area (Å²) >= 11 is 0. The smallest absolute Gasteiger partial charge is 0.311 e. The molecular formula is C10H11N5O3. The summed E-state index contributed by atoms with van der Waals surface area (Å²) in [6, 6.07) is 3.63. The van der Waals surface area contributed by atoms with Gasteiger partial charge in [0.05, 0.1) is 11.0 Å². The predicted molar refractivity (Wildman–Crippen MR) is 62.7 cm³/mol. The molecule has 8 nitrogen and oxygen atoms in total. The Morgan fingerprint density at radius 1 is 1.56 bits per heavy atom. The first-order valence-electron chi connectivity index (χ1n) is 5.14. The lowest BCUT2D eigenvalue weighted by Crippen LogP contribution is -2.06. The van der Waals surface area contributed by atoms with Gasteiger partial charge in [0.25, 0.3) is 0 Å². The molecule has 0 amide bonds. The van der Waals surface area contributed by atoms with Crippen molar-refractivity contribution in [2.45, 2.75) is 13.0 Å². The summed E-state index contributed by atoms with van der Waals surface area (Å²) in [6.45, 7) is 1.74. The molecule has 0 aliphatic rings. The molecule has 0 aliphatic carbocycles. The highest BCUT2D eigenvalue weighted by atomic mass is 16.6. The summed E-state index contributed by atoms with van der Waals surface area (Å²) < 4.78 is 0. The van der Waals surface area contributed by atoms with Crippen molar-refractivity contribution in [2.75, 3.05) is 0 Å². The minimum absolute atomic E-state index is 0.297. The number of nitro groups is 1. The van der Waals surface area contributed by atoms with E-state index in [1.807, 2.05) is 0 Å². The summed E-state index contributed by atoms with van der Waals surface area (Å²) in [5, 5.41) is 26.6. The van der Waals surface area contributed by atoms with Crippen LogP contribution in [0.1, 0.15) is 18.8 Å². The fourth-order valence-corrected chi connectivity index (χ4v) is 1.42. The van der Waals surface area contributed by atoms with Gasteiger partial charge in [-0.3, -0.25) is 15.2 Å². The van der Waals surface area contributed by atoms with E-state index in [1.165, 1.54) is 18.2 Å². The number of nitro benzene ring substituents is 1. The summed E-state index contributed by atoms with van der Waals surface area (Å²) in [7, 11) is 0. The van der Waals surface area contributed by atoms with Gasteiger partial charge in [-0.05, 0) is 19.1 Å². The third-order valence-corrected chi connectivity index (χ3v) is 2.36. The lowest BCUT2D eigenvalue weighted by molar-refractivity contribution is -0.385. The first-order valence-corrected chi connectivity index (χ1v) is 5.14. The lowest BCUT2D eigenvalue weighted by atomic mass is 10.2. The average Bonchev–Trinajstić information content (AvgIpc) is 2.78. The summed E-state index contributed by atoms with van der Waals surface area (Å²) in [5.41, 5.74) is 5.67. The highest BCUT2D eigenvalue weighted by Gasteiger charge is 2.16. The number of phenolic OH excluding ortho intramolecular Hbond substituents is 1. The number of hydrogen-bond acceptors (Lipinski definition) is 6. The summed E-state index contributed by atoms with van der Waals surface area (Å²) in [4.78, 5) is 14.1. The van der Waals surface area contributed by atoms with Gasteiger partial charge in [-0.2, -0.15) is 5.10 Å². The van der Waals surface area contributed by atoms with Crippen LogP contribution in [0.2, 0.25) is 0 Å². The molecule has 94 valence electrons. The topological polar surface area (TPSA) is 131 Å². The molecule has 2 aromatic rings. The number of hydrogen-bond donors (Lipinski definition) is 3. The van der Waals surface area contributed by atoms with E-state index in [1.54, 1.807) is 6.92 Å². The van der Waals surface area contributed by atoms with Gasteiger partial charge in [0.1, 0.15) is 5.82 Å². The van der Waals surface area contributed by atoms with Gasteiger partial charge >= 0.3 is 5.69 Å². The molecular weight excluding hydrogens is 238 g/mol. The molecule has 0 aliphatic heterocycles. The molecule has 0 spiro atoms. The second-order valence-electron chi connectivity index (χ2n) is 3.79. The van der Waals surface area contributed by atoms with Gasteiger partial charge in [0.15, 0.2) is 11.6 Å². The van der Waals surface area contributed by atoms with Crippen LogP contribution in [-0.2, 0) is 0 Å². The minimum atomic E-state index is -0.669. The maximum Gasteiger partial charge on any atom is 0.311 e. The molecule has 1 aromatic carbocycles. The van der Waals surface area contributed by atoms with E-state index >= 15 is 0 Å². The molecule has 2 rings (SSSR count). The van der Waals surface area contributed by atoms with E-state index in [-0.39, 0.29) is 11.7 Å². The zero-order valence-corrected chi connectivity index (χ0v) is 9.49. The third kappa shape index (κ3) is 2.13. The molecule has 0 fully saturated rings. The molecule has 0 saturated heterocycles. The molecule has 8 heteroatoms. The van der Waals surface area contributed by atoms with E-state index in [4.69, 9.17) is 5.73 Å². The van der Waals surface area contributed by atoms with Gasteiger partial charge in [-0.1, -0.05) is 0 Å². The zero-order chi connectivity index (χ0) is 13.3. The molecule has 0 radical (unpaired) electrons. The van der Waals surface area contributed by atoms with Crippen LogP contribution >= 0.6 is 0 Å². The number of nitrogens with one attached hydrogen (secondary N) is 1. The van der Waals surface area contributed by atoms with Crippen molar-refractivity contribution >= 4 is 5.69 Å². The second kappa shape index (κ2) is 4.41. The van der Waals surface area contributed by atoms with Crippen molar-refractivity contribution in [2.24, 2.45) is 5.73 Å². The molecule has 0 saturated carbocycles. The Morgan fingerprint density at radius 2 is 2.28 bits per heavy atom. The molecule has 0 unspecified atom stereocenters. The average molecular weight is 249 g/mol. The number of phenols is 1. The summed E-state index contributed by atoms with van der Waals surface area (Å²) in [6.07, 6.45) is 0. The van der Waals surface area contributed by atoms with E-state index in [0.29, 0.717) is 17.2 Å². The Kier molecular flexibility index (Phi) is 2.94. The molecule has 1 aromatic heterocycles. The maximum atomic E-state index is 10.7. The Morgan fingerprint density at radius 3 is 2.83 bits per heavy atom. The Balaban J connectivity index is 2.44. The number of nitrogens with two attached hydrogens (primary N) is 1. The first-order chi connectivity index (χ1) is 8.49. The van der Waals surface area contributed by atoms with Crippen LogP contribution in [0, 0.1) is 10.1 Å². The van der Waals surface area contributed by atoms with Crippen LogP contribution in [0.5, 0.6) is 5.75 Å². The number of aromatic amines is 1. The first kappa shape index (κ1) is 12.0. The fraction of sp³-hybridized carbons (Fsp3) is 0.200. The molecule has 0 bridgehead atoms. The van der Waals surface area contributed by atoms with E-state index in [0.717, 1.165) is 0 Å². The van der Waals surface area contributed by atoms with Crippen LogP contribution < -0.4 is 5.73 Å². The van der Waals surface area contributed by atoms with Crippen LogP contribution in [-0.4, -0.2) is 25.2 Å². The molecule has 18 heavy (non-hydrogen) atoms. The minimum Gasteiger partial charge on any atom is -0.502 e. The van der Waals surface area contributed by atoms with Crippen LogP contribution in [0.3, 0.4) is 0 Å².